The summed E-state index contributed by atoms with van der Waals surface area (Å²) in [6.45, 7) is 5.12. The number of hydrogen-bond acceptors (Lipinski definition) is 2. The van der Waals surface area contributed by atoms with Crippen LogP contribution in [0.4, 0.5) is 0 Å². The first-order valence-electron chi connectivity index (χ1n) is 5.28. The Kier molecular flexibility index (Phi) is 2.73. The quantitative estimate of drug-likeness (QED) is 0.799. The van der Waals surface area contributed by atoms with Gasteiger partial charge in [-0.25, -0.2) is 4.79 Å². The van der Waals surface area contributed by atoms with Crippen molar-refractivity contribution < 1.29 is 9.90 Å². The van der Waals surface area contributed by atoms with Gasteiger partial charge in [0.2, 0.25) is 0 Å². The number of hydrogen-bond donors (Lipinski definition) is 1. The molecule has 1 aliphatic heterocycles. The lowest BCUT2D eigenvalue weighted by molar-refractivity contribution is 0.0696. The first-order chi connectivity index (χ1) is 7.20. The number of carbonyl (C=O) groups is 1. The van der Waals surface area contributed by atoms with E-state index in [1.165, 1.54) is 11.1 Å². The van der Waals surface area contributed by atoms with E-state index in [1.54, 1.807) is 12.1 Å². The highest BCUT2D eigenvalue weighted by atomic mass is 16.4. The predicted octanol–water partition coefficient (Wildman–Crippen LogP) is 1.76. The molecule has 0 unspecified atom stereocenters. The van der Waals surface area contributed by atoms with E-state index in [-0.39, 0.29) is 0 Å². The fraction of sp³-hybridized carbons (Fsp3) is 0.417. The van der Waals surface area contributed by atoms with Gasteiger partial charge in [-0.3, -0.25) is 4.90 Å². The third-order valence-corrected chi connectivity index (χ3v) is 2.99. The van der Waals surface area contributed by atoms with E-state index in [0.29, 0.717) is 5.56 Å². The monoisotopic (exact) mass is 205 g/mol. The normalized spacial score (nSPS) is 16.1. The summed E-state index contributed by atoms with van der Waals surface area (Å²) in [7, 11) is 0. The van der Waals surface area contributed by atoms with Crippen LogP contribution in [-0.2, 0) is 13.0 Å². The zero-order valence-corrected chi connectivity index (χ0v) is 8.86. The van der Waals surface area contributed by atoms with Crippen LogP contribution < -0.4 is 0 Å². The molecule has 0 atom stereocenters. The molecule has 0 saturated heterocycles. The number of rotatable bonds is 2. The Morgan fingerprint density at radius 1 is 1.47 bits per heavy atom. The summed E-state index contributed by atoms with van der Waals surface area (Å²) in [5, 5.41) is 8.90. The van der Waals surface area contributed by atoms with Crippen LogP contribution in [0.1, 0.15) is 28.4 Å². The zero-order chi connectivity index (χ0) is 10.8. The lowest BCUT2D eigenvalue weighted by Gasteiger charge is -2.27. The number of aromatic carboxylic acids is 1. The molecule has 1 heterocycles. The molecule has 0 aliphatic carbocycles. The highest BCUT2D eigenvalue weighted by Crippen LogP contribution is 2.20. The largest absolute Gasteiger partial charge is 0.478 e. The minimum absolute atomic E-state index is 0.395. The molecule has 3 nitrogen and oxygen atoms in total. The van der Waals surface area contributed by atoms with E-state index in [9.17, 15) is 4.79 Å². The lowest BCUT2D eigenvalue weighted by Crippen LogP contribution is -2.30. The second-order valence-electron chi connectivity index (χ2n) is 3.91. The van der Waals surface area contributed by atoms with Crippen molar-refractivity contribution >= 4 is 5.97 Å². The van der Waals surface area contributed by atoms with E-state index >= 15 is 0 Å². The van der Waals surface area contributed by atoms with Crippen molar-refractivity contribution in [1.82, 2.24) is 4.90 Å². The van der Waals surface area contributed by atoms with Crippen molar-refractivity contribution in [3.63, 3.8) is 0 Å². The maximum atomic E-state index is 10.8. The summed E-state index contributed by atoms with van der Waals surface area (Å²) in [5.74, 6) is -0.841. The number of benzene rings is 1. The molecule has 1 N–H and O–H groups in total. The summed E-state index contributed by atoms with van der Waals surface area (Å²) < 4.78 is 0. The van der Waals surface area contributed by atoms with E-state index in [4.69, 9.17) is 5.11 Å². The number of carboxylic acid groups (broad SMARTS) is 1. The summed E-state index contributed by atoms with van der Waals surface area (Å²) in [6, 6.07) is 5.45. The Morgan fingerprint density at radius 2 is 2.27 bits per heavy atom. The fourth-order valence-corrected chi connectivity index (χ4v) is 2.02. The van der Waals surface area contributed by atoms with Crippen LogP contribution in [0.5, 0.6) is 0 Å². The molecule has 0 bridgehead atoms. The highest BCUT2D eigenvalue weighted by Gasteiger charge is 2.16. The van der Waals surface area contributed by atoms with Crippen LogP contribution in [0.2, 0.25) is 0 Å². The Bertz CT molecular complexity index is 387. The molecule has 0 spiro atoms. The fourth-order valence-electron chi connectivity index (χ4n) is 2.02. The lowest BCUT2D eigenvalue weighted by atomic mass is 9.97. The molecule has 0 saturated carbocycles. The minimum atomic E-state index is -0.841. The van der Waals surface area contributed by atoms with E-state index < -0.39 is 5.97 Å². The molecular formula is C12H15NO2. The van der Waals surface area contributed by atoms with Gasteiger partial charge in [-0.05, 0) is 36.2 Å². The molecule has 0 amide bonds. The molecular weight excluding hydrogens is 190 g/mol. The second-order valence-corrected chi connectivity index (χ2v) is 3.91. The van der Waals surface area contributed by atoms with Gasteiger partial charge in [0.1, 0.15) is 0 Å². The highest BCUT2D eigenvalue weighted by molar-refractivity contribution is 5.87. The molecule has 1 aliphatic rings. The molecule has 1 aromatic rings. The number of fused-ring (bicyclic) bond motifs is 1. The Labute approximate surface area is 89.3 Å². The number of carboxylic acids is 1. The van der Waals surface area contributed by atoms with Gasteiger partial charge >= 0.3 is 5.97 Å². The first kappa shape index (κ1) is 10.2. The van der Waals surface area contributed by atoms with Crippen LogP contribution in [-0.4, -0.2) is 29.1 Å². The molecule has 80 valence electrons. The van der Waals surface area contributed by atoms with E-state index in [1.807, 2.05) is 6.07 Å². The van der Waals surface area contributed by atoms with Gasteiger partial charge < -0.3 is 5.11 Å². The molecule has 0 radical (unpaired) electrons. The molecule has 1 aromatic carbocycles. The maximum absolute atomic E-state index is 10.8. The van der Waals surface area contributed by atoms with Crippen molar-refractivity contribution in [2.75, 3.05) is 13.1 Å². The van der Waals surface area contributed by atoms with Gasteiger partial charge in [0.25, 0.3) is 0 Å². The Hall–Kier alpha value is -1.35. The third kappa shape index (κ3) is 2.02. The standard InChI is InChI=1S/C12H15NO2/c1-2-13-6-5-9-3-4-10(12(14)15)7-11(9)8-13/h3-4,7H,2,5-6,8H2,1H3,(H,14,15). The van der Waals surface area contributed by atoms with Gasteiger partial charge in [0.15, 0.2) is 0 Å². The van der Waals surface area contributed by atoms with Gasteiger partial charge in [-0.15, -0.1) is 0 Å². The summed E-state index contributed by atoms with van der Waals surface area (Å²) in [6.07, 6.45) is 1.03. The zero-order valence-electron chi connectivity index (χ0n) is 8.86. The van der Waals surface area contributed by atoms with Gasteiger partial charge in [-0.2, -0.15) is 0 Å². The Balaban J connectivity index is 2.30. The Morgan fingerprint density at radius 3 is 2.93 bits per heavy atom. The van der Waals surface area contributed by atoms with Crippen LogP contribution in [0, 0.1) is 0 Å². The van der Waals surface area contributed by atoms with E-state index in [0.717, 1.165) is 26.1 Å². The average molecular weight is 205 g/mol. The van der Waals surface area contributed by atoms with Crippen LogP contribution >= 0.6 is 0 Å². The summed E-state index contributed by atoms with van der Waals surface area (Å²) >= 11 is 0. The first-order valence-corrected chi connectivity index (χ1v) is 5.28. The minimum Gasteiger partial charge on any atom is -0.478 e. The molecule has 2 rings (SSSR count). The maximum Gasteiger partial charge on any atom is 0.335 e. The number of likely N-dealkylation sites (N-methyl/N-ethyl adjacent to an activating group) is 1. The van der Waals surface area contributed by atoms with Crippen molar-refractivity contribution in [1.29, 1.82) is 0 Å². The predicted molar refractivity (Wildman–Crippen MR) is 58.1 cm³/mol. The van der Waals surface area contributed by atoms with Crippen molar-refractivity contribution in [3.05, 3.63) is 34.9 Å². The van der Waals surface area contributed by atoms with Gasteiger partial charge in [0.05, 0.1) is 5.56 Å². The smallest absolute Gasteiger partial charge is 0.335 e. The third-order valence-electron chi connectivity index (χ3n) is 2.99. The topological polar surface area (TPSA) is 40.5 Å². The molecule has 3 heteroatoms. The van der Waals surface area contributed by atoms with Crippen molar-refractivity contribution in [2.45, 2.75) is 19.9 Å². The summed E-state index contributed by atoms with van der Waals surface area (Å²) in [4.78, 5) is 13.2. The van der Waals surface area contributed by atoms with Crippen LogP contribution in [0.3, 0.4) is 0 Å². The number of nitrogens with zero attached hydrogens (tertiary/aromatic N) is 1. The molecule has 0 aromatic heterocycles. The van der Waals surface area contributed by atoms with Crippen molar-refractivity contribution in [2.24, 2.45) is 0 Å². The van der Waals surface area contributed by atoms with Crippen molar-refractivity contribution in [3.8, 4) is 0 Å². The SMILES string of the molecule is CCN1CCc2ccc(C(=O)O)cc2C1. The second kappa shape index (κ2) is 4.03. The van der Waals surface area contributed by atoms with Crippen LogP contribution in [0.15, 0.2) is 18.2 Å². The average Bonchev–Trinajstić information content (AvgIpc) is 2.27. The van der Waals surface area contributed by atoms with Gasteiger partial charge in [-0.1, -0.05) is 13.0 Å². The molecule has 0 fully saturated rings. The summed E-state index contributed by atoms with van der Waals surface area (Å²) in [5.41, 5.74) is 2.86. The van der Waals surface area contributed by atoms with Crippen LogP contribution in [0.25, 0.3) is 0 Å². The molecule has 15 heavy (non-hydrogen) atoms. The van der Waals surface area contributed by atoms with E-state index in [2.05, 4.69) is 11.8 Å². The van der Waals surface area contributed by atoms with Gasteiger partial charge in [0, 0.05) is 13.1 Å².